The molecule has 5 heteroatoms. The maximum atomic E-state index is 6.69. The number of hydrogen-bond donors (Lipinski definition) is 0. The Balaban J connectivity index is 1.07. The molecule has 0 fully saturated rings. The number of benzene rings is 6. The van der Waals surface area contributed by atoms with Crippen LogP contribution in [0.3, 0.4) is 0 Å². The summed E-state index contributed by atoms with van der Waals surface area (Å²) in [6.45, 7) is 0. The van der Waals surface area contributed by atoms with E-state index in [9.17, 15) is 0 Å². The number of allylic oxidation sites excluding steroid dienone is 6. The fourth-order valence-electron chi connectivity index (χ4n) is 8.28. The number of hydrogen-bond acceptors (Lipinski definition) is 4. The van der Waals surface area contributed by atoms with Gasteiger partial charge in [-0.05, 0) is 96.3 Å². The van der Waals surface area contributed by atoms with Gasteiger partial charge in [0.25, 0.3) is 0 Å². The molecular weight excluding hydrogens is 675 g/mol. The van der Waals surface area contributed by atoms with Crippen molar-refractivity contribution >= 4 is 38.2 Å². The van der Waals surface area contributed by atoms with Crippen molar-refractivity contribution in [3.63, 3.8) is 0 Å². The van der Waals surface area contributed by atoms with Crippen molar-refractivity contribution in [3.05, 3.63) is 181 Å². The van der Waals surface area contributed by atoms with Crippen LogP contribution in [0.2, 0.25) is 0 Å². The van der Waals surface area contributed by atoms with Gasteiger partial charge in [0.15, 0.2) is 28.8 Å². The first-order chi connectivity index (χ1) is 27.2. The van der Waals surface area contributed by atoms with E-state index in [2.05, 4.69) is 156 Å². The SMILES string of the molecule is C1=CCCC(c2nc(-c3ccccc3)cc(-c3cccc(-c4cccc(-n5c6ccc7c(c6c6ccc8ccccc8c65)OC5=CCCC=C5O7)c4)c3)n2)=C1. The summed E-state index contributed by atoms with van der Waals surface area (Å²) in [5.41, 5.74) is 10.6. The molecular formula is C50H35N3O2. The van der Waals surface area contributed by atoms with Gasteiger partial charge in [-0.15, -0.1) is 0 Å². The molecule has 11 rings (SSSR count). The van der Waals surface area contributed by atoms with Crippen LogP contribution in [-0.4, -0.2) is 14.5 Å². The van der Waals surface area contributed by atoms with Crippen LogP contribution in [-0.2, 0) is 0 Å². The Morgan fingerprint density at radius 3 is 2.16 bits per heavy atom. The van der Waals surface area contributed by atoms with Gasteiger partial charge in [-0.25, -0.2) is 9.97 Å². The Hall–Kier alpha value is -6.98. The zero-order chi connectivity index (χ0) is 36.3. The molecule has 0 radical (unpaired) electrons. The van der Waals surface area contributed by atoms with Gasteiger partial charge in [-0.3, -0.25) is 0 Å². The molecule has 0 spiro atoms. The van der Waals surface area contributed by atoms with E-state index in [0.29, 0.717) is 0 Å². The van der Waals surface area contributed by atoms with E-state index in [4.69, 9.17) is 19.4 Å². The lowest BCUT2D eigenvalue weighted by atomic mass is 9.99. The number of nitrogens with zero attached hydrogens (tertiary/aromatic N) is 3. The predicted molar refractivity (Wildman–Crippen MR) is 223 cm³/mol. The van der Waals surface area contributed by atoms with Crippen LogP contribution in [0.25, 0.3) is 77.5 Å². The fraction of sp³-hybridized carbons (Fsp3) is 0.0800. The molecule has 2 aromatic heterocycles. The third kappa shape index (κ3) is 5.39. The molecule has 0 saturated carbocycles. The molecule has 8 aromatic rings. The van der Waals surface area contributed by atoms with Gasteiger partial charge < -0.3 is 14.0 Å². The van der Waals surface area contributed by atoms with E-state index in [1.807, 2.05) is 12.1 Å². The van der Waals surface area contributed by atoms with Gasteiger partial charge in [0.2, 0.25) is 0 Å². The van der Waals surface area contributed by atoms with Crippen molar-refractivity contribution < 1.29 is 9.47 Å². The van der Waals surface area contributed by atoms with E-state index in [-0.39, 0.29) is 0 Å². The largest absolute Gasteiger partial charge is 0.450 e. The summed E-state index contributed by atoms with van der Waals surface area (Å²) in [6.07, 6.45) is 14.5. The number of fused-ring (bicyclic) bond motifs is 8. The lowest BCUT2D eigenvalue weighted by molar-refractivity contribution is 0.291. The third-order valence-corrected chi connectivity index (χ3v) is 10.9. The summed E-state index contributed by atoms with van der Waals surface area (Å²) in [6, 6.07) is 47.3. The third-order valence-electron chi connectivity index (χ3n) is 10.9. The van der Waals surface area contributed by atoms with E-state index < -0.39 is 0 Å². The van der Waals surface area contributed by atoms with Gasteiger partial charge >= 0.3 is 0 Å². The molecule has 6 aromatic carbocycles. The Morgan fingerprint density at radius 1 is 0.564 bits per heavy atom. The van der Waals surface area contributed by atoms with Crippen LogP contribution in [0, 0.1) is 0 Å². The van der Waals surface area contributed by atoms with Gasteiger partial charge in [0.1, 0.15) is 0 Å². The topological polar surface area (TPSA) is 49.2 Å². The van der Waals surface area contributed by atoms with Crippen molar-refractivity contribution in [2.45, 2.75) is 25.7 Å². The first-order valence-corrected chi connectivity index (χ1v) is 19.0. The highest BCUT2D eigenvalue weighted by Gasteiger charge is 2.28. The van der Waals surface area contributed by atoms with E-state index in [1.54, 1.807) is 0 Å². The lowest BCUT2D eigenvalue weighted by Crippen LogP contribution is -2.14. The molecule has 262 valence electrons. The van der Waals surface area contributed by atoms with Crippen LogP contribution in [0.4, 0.5) is 0 Å². The first-order valence-electron chi connectivity index (χ1n) is 19.0. The maximum Gasteiger partial charge on any atom is 0.180 e. The smallest absolute Gasteiger partial charge is 0.180 e. The molecule has 0 saturated heterocycles. The average Bonchev–Trinajstić information content (AvgIpc) is 3.62. The zero-order valence-corrected chi connectivity index (χ0v) is 30.1. The second-order valence-corrected chi connectivity index (χ2v) is 14.3. The van der Waals surface area contributed by atoms with Crippen molar-refractivity contribution in [1.29, 1.82) is 0 Å². The minimum Gasteiger partial charge on any atom is -0.450 e. The minimum absolute atomic E-state index is 0.745. The second-order valence-electron chi connectivity index (χ2n) is 14.3. The number of ether oxygens (including phenoxy) is 2. The Bertz CT molecular complexity index is 2980. The van der Waals surface area contributed by atoms with Crippen LogP contribution in [0.5, 0.6) is 11.5 Å². The Morgan fingerprint density at radius 2 is 1.31 bits per heavy atom. The standard InChI is InChI=1S/C50H35N3O2/c1-3-14-33(15-4-1)41-31-42(52-50(51-41)34-16-5-2-6-17-34)37-20-11-18-35(29-37)36-19-12-21-38(30-36)53-43-27-28-46-49(55-45-24-10-9-23-44(45)54-46)47(43)40-26-25-32-13-7-8-22-39(32)48(40)53/h1-5,7-8,11-16,18-31H,6,9-10,17H2. The highest BCUT2D eigenvalue weighted by atomic mass is 16.6. The molecule has 2 aliphatic carbocycles. The summed E-state index contributed by atoms with van der Waals surface area (Å²) in [5.74, 6) is 3.91. The summed E-state index contributed by atoms with van der Waals surface area (Å²) < 4.78 is 15.5. The molecule has 0 bridgehead atoms. The maximum absolute atomic E-state index is 6.69. The van der Waals surface area contributed by atoms with E-state index in [0.717, 1.165) is 121 Å². The van der Waals surface area contributed by atoms with Crippen molar-refractivity contribution in [2.24, 2.45) is 0 Å². The van der Waals surface area contributed by atoms with Crippen LogP contribution in [0.15, 0.2) is 175 Å². The summed E-state index contributed by atoms with van der Waals surface area (Å²) in [4.78, 5) is 10.2. The van der Waals surface area contributed by atoms with Gasteiger partial charge in [-0.1, -0.05) is 115 Å². The summed E-state index contributed by atoms with van der Waals surface area (Å²) >= 11 is 0. The Labute approximate surface area is 318 Å². The Kier molecular flexibility index (Phi) is 7.37. The van der Waals surface area contributed by atoms with Crippen molar-refractivity contribution in [1.82, 2.24) is 14.5 Å². The summed E-state index contributed by atoms with van der Waals surface area (Å²) in [7, 11) is 0. The predicted octanol–water partition coefficient (Wildman–Crippen LogP) is 12.8. The van der Waals surface area contributed by atoms with Gasteiger partial charge in [-0.2, -0.15) is 0 Å². The van der Waals surface area contributed by atoms with Crippen LogP contribution in [0.1, 0.15) is 31.5 Å². The van der Waals surface area contributed by atoms with Gasteiger partial charge in [0.05, 0.1) is 27.8 Å². The fourth-order valence-corrected chi connectivity index (χ4v) is 8.28. The first kappa shape index (κ1) is 31.5. The molecule has 0 unspecified atom stereocenters. The monoisotopic (exact) mass is 709 g/mol. The second kappa shape index (κ2) is 12.9. The molecule has 0 atom stereocenters. The van der Waals surface area contributed by atoms with E-state index >= 15 is 0 Å². The van der Waals surface area contributed by atoms with Gasteiger partial charge in [0, 0.05) is 27.6 Å². The van der Waals surface area contributed by atoms with Crippen LogP contribution < -0.4 is 9.47 Å². The molecule has 3 heterocycles. The zero-order valence-electron chi connectivity index (χ0n) is 30.1. The molecule has 3 aliphatic rings. The molecule has 0 amide bonds. The quantitative estimate of drug-likeness (QED) is 0.178. The lowest BCUT2D eigenvalue weighted by Gasteiger charge is -2.25. The van der Waals surface area contributed by atoms with E-state index in [1.165, 1.54) is 10.8 Å². The highest BCUT2D eigenvalue weighted by molar-refractivity contribution is 6.21. The normalized spacial score (nSPS) is 14.8. The van der Waals surface area contributed by atoms with Crippen molar-refractivity contribution in [2.75, 3.05) is 0 Å². The summed E-state index contributed by atoms with van der Waals surface area (Å²) in [5, 5.41) is 4.55. The molecule has 0 N–H and O–H groups in total. The minimum atomic E-state index is 0.745. The highest BCUT2D eigenvalue weighted by Crippen LogP contribution is 2.49. The molecule has 1 aliphatic heterocycles. The average molecular weight is 710 g/mol. The number of rotatable bonds is 5. The molecule has 5 nitrogen and oxygen atoms in total. The molecule has 55 heavy (non-hydrogen) atoms. The van der Waals surface area contributed by atoms with Crippen molar-refractivity contribution in [3.8, 4) is 50.8 Å². The number of aromatic nitrogens is 3. The van der Waals surface area contributed by atoms with Crippen LogP contribution >= 0.6 is 0 Å².